The number of hydrogen-bond acceptors (Lipinski definition) is 4. The monoisotopic (exact) mass is 209 g/mol. The summed E-state index contributed by atoms with van der Waals surface area (Å²) in [6, 6.07) is 8.29. The summed E-state index contributed by atoms with van der Waals surface area (Å²) in [5.41, 5.74) is -0.270. The molecule has 1 aromatic carbocycles. The van der Waals surface area contributed by atoms with Crippen molar-refractivity contribution in [3.8, 4) is 6.07 Å². The largest absolute Gasteiger partial charge is 1.00 e. The molecule has 4 nitrogen and oxygen atoms in total. The quantitative estimate of drug-likeness (QED) is 0.484. The Labute approximate surface area is 105 Å². The fourth-order valence-electron chi connectivity index (χ4n) is 1.63. The van der Waals surface area contributed by atoms with Crippen LogP contribution in [0.3, 0.4) is 0 Å². The molecular weight excluding hydrogens is 201 g/mol. The maximum Gasteiger partial charge on any atom is 1.00 e. The number of nitrogens with zero attached hydrogens (tertiary/aromatic N) is 1. The standard InChI is InChI=1S/C11H9NO3.Li/c12-7-8-1-3-9(4-2-8)11(10(13)14)5-6-15-11;/h1-4H,5-6H2,(H,13,14);/q;+1/p-1. The average Bonchev–Trinajstić information content (AvgIpc) is 2.16. The smallest absolute Gasteiger partial charge is 0.547 e. The van der Waals surface area contributed by atoms with Crippen LogP contribution in [0.2, 0.25) is 0 Å². The van der Waals surface area contributed by atoms with Crippen LogP contribution >= 0.6 is 0 Å². The van der Waals surface area contributed by atoms with Gasteiger partial charge in [0.2, 0.25) is 0 Å². The molecule has 0 saturated carbocycles. The van der Waals surface area contributed by atoms with Crippen molar-refractivity contribution in [2.45, 2.75) is 12.0 Å². The second-order valence-corrected chi connectivity index (χ2v) is 3.40. The van der Waals surface area contributed by atoms with E-state index in [1.807, 2.05) is 6.07 Å². The van der Waals surface area contributed by atoms with E-state index in [0.717, 1.165) is 0 Å². The first-order valence-corrected chi connectivity index (χ1v) is 4.55. The third-order valence-electron chi connectivity index (χ3n) is 2.61. The number of aliphatic carboxylic acids is 1. The molecule has 0 amide bonds. The number of carboxylic acids is 1. The van der Waals surface area contributed by atoms with Crippen LogP contribution in [0.1, 0.15) is 17.5 Å². The zero-order valence-electron chi connectivity index (χ0n) is 8.90. The van der Waals surface area contributed by atoms with Gasteiger partial charge >= 0.3 is 18.9 Å². The van der Waals surface area contributed by atoms with Crippen LogP contribution in [0.5, 0.6) is 0 Å². The maximum atomic E-state index is 11.0. The molecule has 1 saturated heterocycles. The predicted octanol–water partition coefficient (Wildman–Crippen LogP) is -3.07. The van der Waals surface area contributed by atoms with Gasteiger partial charge in [0.05, 0.1) is 24.2 Å². The molecule has 0 aliphatic carbocycles. The number of hydrogen-bond donors (Lipinski definition) is 0. The first kappa shape index (κ1) is 12.8. The van der Waals surface area contributed by atoms with Crippen LogP contribution in [0.4, 0.5) is 0 Å². The van der Waals surface area contributed by atoms with Gasteiger partial charge in [-0.2, -0.15) is 5.26 Å². The first-order chi connectivity index (χ1) is 7.19. The molecule has 1 aliphatic heterocycles. The summed E-state index contributed by atoms with van der Waals surface area (Å²) in [6.45, 7) is 0.425. The molecule has 5 heteroatoms. The van der Waals surface area contributed by atoms with Gasteiger partial charge in [0.15, 0.2) is 0 Å². The summed E-state index contributed by atoms with van der Waals surface area (Å²) in [7, 11) is 0. The Morgan fingerprint density at radius 3 is 2.31 bits per heavy atom. The van der Waals surface area contributed by atoms with E-state index in [1.165, 1.54) is 0 Å². The van der Waals surface area contributed by atoms with E-state index in [2.05, 4.69) is 0 Å². The SMILES string of the molecule is N#Cc1ccc(C2(C(=O)[O-])CCO2)cc1.[Li+]. The number of rotatable bonds is 2. The Hall–Kier alpha value is -1.26. The molecule has 1 aromatic rings. The molecule has 2 rings (SSSR count). The van der Waals surface area contributed by atoms with Gasteiger partial charge in [-0.05, 0) is 17.7 Å². The molecule has 0 radical (unpaired) electrons. The number of carboxylic acid groups (broad SMARTS) is 1. The van der Waals surface area contributed by atoms with E-state index < -0.39 is 11.6 Å². The van der Waals surface area contributed by atoms with Crippen molar-refractivity contribution in [1.82, 2.24) is 0 Å². The van der Waals surface area contributed by atoms with Crippen LogP contribution in [-0.4, -0.2) is 12.6 Å². The minimum Gasteiger partial charge on any atom is -0.547 e. The molecule has 1 atom stereocenters. The number of nitriles is 1. The molecule has 0 bridgehead atoms. The molecule has 0 aromatic heterocycles. The summed E-state index contributed by atoms with van der Waals surface area (Å²) in [5, 5.41) is 19.6. The Balaban J connectivity index is 0.00000128. The average molecular weight is 209 g/mol. The predicted molar refractivity (Wildman–Crippen MR) is 48.4 cm³/mol. The van der Waals surface area contributed by atoms with Gasteiger partial charge in [-0.3, -0.25) is 0 Å². The first-order valence-electron chi connectivity index (χ1n) is 4.55. The van der Waals surface area contributed by atoms with Gasteiger partial charge in [-0.25, -0.2) is 0 Å². The Kier molecular flexibility index (Phi) is 3.78. The third kappa shape index (κ3) is 1.86. The maximum absolute atomic E-state index is 11.0. The van der Waals surface area contributed by atoms with Crippen molar-refractivity contribution < 1.29 is 33.5 Å². The zero-order chi connectivity index (χ0) is 10.9. The second-order valence-electron chi connectivity index (χ2n) is 3.40. The Morgan fingerprint density at radius 2 is 2.00 bits per heavy atom. The number of carbonyl (C=O) groups is 1. The van der Waals surface area contributed by atoms with Crippen LogP contribution in [0, 0.1) is 11.3 Å². The fraction of sp³-hybridized carbons (Fsp3) is 0.273. The third-order valence-corrected chi connectivity index (χ3v) is 2.61. The molecule has 1 fully saturated rings. The summed E-state index contributed by atoms with van der Waals surface area (Å²) >= 11 is 0. The van der Waals surface area contributed by atoms with E-state index in [9.17, 15) is 9.90 Å². The minimum atomic E-state index is -1.30. The van der Waals surface area contributed by atoms with E-state index >= 15 is 0 Å². The van der Waals surface area contributed by atoms with Crippen LogP contribution < -0.4 is 24.0 Å². The fourth-order valence-corrected chi connectivity index (χ4v) is 1.63. The van der Waals surface area contributed by atoms with Crippen molar-refractivity contribution in [2.75, 3.05) is 6.61 Å². The summed E-state index contributed by atoms with van der Waals surface area (Å²) in [5.74, 6) is -1.22. The molecule has 1 heterocycles. The molecule has 0 spiro atoms. The van der Waals surface area contributed by atoms with E-state index in [4.69, 9.17) is 10.00 Å². The number of carbonyl (C=O) groups excluding carboxylic acids is 1. The molecule has 76 valence electrons. The van der Waals surface area contributed by atoms with Crippen LogP contribution in [0.25, 0.3) is 0 Å². The van der Waals surface area contributed by atoms with E-state index in [0.29, 0.717) is 24.2 Å². The number of benzene rings is 1. The number of ether oxygens (including phenoxy) is 1. The summed E-state index contributed by atoms with van der Waals surface area (Å²) in [4.78, 5) is 11.0. The molecule has 1 unspecified atom stereocenters. The summed E-state index contributed by atoms with van der Waals surface area (Å²) < 4.78 is 5.09. The van der Waals surface area contributed by atoms with E-state index in [-0.39, 0.29) is 18.9 Å². The Bertz CT molecular complexity index is 432. The van der Waals surface area contributed by atoms with Crippen molar-refractivity contribution in [3.05, 3.63) is 35.4 Å². The van der Waals surface area contributed by atoms with Crippen LogP contribution in [0.15, 0.2) is 24.3 Å². The molecule has 1 aliphatic rings. The summed E-state index contributed by atoms with van der Waals surface area (Å²) in [6.07, 6.45) is 0.418. The zero-order valence-corrected chi connectivity index (χ0v) is 8.90. The van der Waals surface area contributed by atoms with Gasteiger partial charge in [0, 0.05) is 6.42 Å². The minimum absolute atomic E-state index is 0. The Morgan fingerprint density at radius 1 is 1.44 bits per heavy atom. The van der Waals surface area contributed by atoms with Gasteiger partial charge in [-0.15, -0.1) is 0 Å². The van der Waals surface area contributed by atoms with Crippen molar-refractivity contribution in [1.29, 1.82) is 5.26 Å². The van der Waals surface area contributed by atoms with Crippen molar-refractivity contribution in [3.63, 3.8) is 0 Å². The van der Waals surface area contributed by atoms with Gasteiger partial charge in [0.1, 0.15) is 5.60 Å². The molecular formula is C11H8LiNO3. The second kappa shape index (κ2) is 4.72. The van der Waals surface area contributed by atoms with Gasteiger partial charge in [0.25, 0.3) is 0 Å². The topological polar surface area (TPSA) is 73.2 Å². The van der Waals surface area contributed by atoms with Gasteiger partial charge in [-0.1, -0.05) is 12.1 Å². The van der Waals surface area contributed by atoms with Crippen molar-refractivity contribution in [2.24, 2.45) is 0 Å². The van der Waals surface area contributed by atoms with Crippen molar-refractivity contribution >= 4 is 5.97 Å². The molecule has 0 N–H and O–H groups in total. The normalized spacial score (nSPS) is 22.4. The van der Waals surface area contributed by atoms with E-state index in [1.54, 1.807) is 24.3 Å². The van der Waals surface area contributed by atoms with Crippen LogP contribution in [-0.2, 0) is 15.1 Å². The van der Waals surface area contributed by atoms with Gasteiger partial charge < -0.3 is 14.6 Å². The molecule has 16 heavy (non-hydrogen) atoms.